The lowest BCUT2D eigenvalue weighted by Crippen LogP contribution is -2.45. The Balaban J connectivity index is 2.70. The molecule has 2 atom stereocenters. The molecule has 0 aliphatic carbocycles. The molecule has 0 aliphatic heterocycles. The molecule has 0 saturated carbocycles. The van der Waals surface area contributed by atoms with Crippen LogP contribution in [0.1, 0.15) is 18.3 Å². The van der Waals surface area contributed by atoms with Crippen molar-refractivity contribution in [1.82, 2.24) is 15.2 Å². The number of rotatable bonds is 5. The van der Waals surface area contributed by atoms with Gasteiger partial charge in [-0.05, 0) is 19.9 Å². The van der Waals surface area contributed by atoms with Crippen molar-refractivity contribution in [2.75, 3.05) is 7.11 Å². The molecule has 1 heterocycles. The first-order valence-corrected chi connectivity index (χ1v) is 5.07. The van der Waals surface area contributed by atoms with Gasteiger partial charge in [0.05, 0.1) is 17.8 Å². The zero-order valence-corrected chi connectivity index (χ0v) is 9.82. The van der Waals surface area contributed by atoms with E-state index >= 15 is 0 Å². The molecule has 0 aromatic carbocycles. The summed E-state index contributed by atoms with van der Waals surface area (Å²) in [5.74, 6) is 5.49. The second kappa shape index (κ2) is 5.25. The molecule has 0 fully saturated rings. The summed E-state index contributed by atoms with van der Waals surface area (Å²) in [6, 6.07) is 2.16. The largest absolute Gasteiger partial charge is 0.380 e. The van der Waals surface area contributed by atoms with Crippen LogP contribution in [-0.2, 0) is 18.2 Å². The molecule has 15 heavy (non-hydrogen) atoms. The number of hydrazine groups is 1. The Morgan fingerprint density at radius 1 is 1.67 bits per heavy atom. The second-order valence-corrected chi connectivity index (χ2v) is 3.82. The van der Waals surface area contributed by atoms with Gasteiger partial charge in [-0.1, -0.05) is 0 Å². The number of nitrogens with two attached hydrogens (primary N) is 1. The smallest absolute Gasteiger partial charge is 0.0713 e. The summed E-state index contributed by atoms with van der Waals surface area (Å²) in [5.41, 5.74) is 4.95. The summed E-state index contributed by atoms with van der Waals surface area (Å²) in [5, 5.41) is 4.29. The molecule has 0 radical (unpaired) electrons. The molecule has 5 nitrogen and oxygen atoms in total. The van der Waals surface area contributed by atoms with Crippen LogP contribution in [0.25, 0.3) is 0 Å². The second-order valence-electron chi connectivity index (χ2n) is 3.82. The lowest BCUT2D eigenvalue weighted by Gasteiger charge is -2.21. The first kappa shape index (κ1) is 12.2. The number of aromatic nitrogens is 2. The van der Waals surface area contributed by atoms with E-state index in [4.69, 9.17) is 10.6 Å². The van der Waals surface area contributed by atoms with Crippen molar-refractivity contribution in [2.45, 2.75) is 32.4 Å². The third-order valence-corrected chi connectivity index (χ3v) is 2.68. The Hall–Kier alpha value is -0.910. The highest BCUT2D eigenvalue weighted by Gasteiger charge is 2.17. The maximum Gasteiger partial charge on any atom is 0.0713 e. The normalized spacial score (nSPS) is 15.3. The van der Waals surface area contributed by atoms with Crippen LogP contribution in [0.2, 0.25) is 0 Å². The van der Waals surface area contributed by atoms with Gasteiger partial charge >= 0.3 is 0 Å². The van der Waals surface area contributed by atoms with Crippen molar-refractivity contribution < 1.29 is 4.74 Å². The highest BCUT2D eigenvalue weighted by atomic mass is 16.5. The summed E-state index contributed by atoms with van der Waals surface area (Å²) in [7, 11) is 3.62. The SMILES string of the molecule is COC(C)C(Cc1cc(C)nn1C)NN. The Labute approximate surface area is 90.6 Å². The lowest BCUT2D eigenvalue weighted by atomic mass is 10.1. The maximum atomic E-state index is 5.49. The fourth-order valence-electron chi connectivity index (χ4n) is 1.61. The van der Waals surface area contributed by atoms with E-state index in [1.807, 2.05) is 25.6 Å². The molecule has 5 heteroatoms. The van der Waals surface area contributed by atoms with Gasteiger partial charge in [-0.2, -0.15) is 5.10 Å². The molecule has 0 bridgehead atoms. The van der Waals surface area contributed by atoms with Gasteiger partial charge in [0.1, 0.15) is 0 Å². The molecule has 86 valence electrons. The molecule has 0 saturated heterocycles. The van der Waals surface area contributed by atoms with Gasteiger partial charge in [0.2, 0.25) is 0 Å². The summed E-state index contributed by atoms with van der Waals surface area (Å²) in [4.78, 5) is 0. The quantitative estimate of drug-likeness (QED) is 0.538. The molecular weight excluding hydrogens is 192 g/mol. The third kappa shape index (κ3) is 3.02. The first-order chi connectivity index (χ1) is 7.08. The van der Waals surface area contributed by atoms with Gasteiger partial charge in [-0.3, -0.25) is 16.0 Å². The molecule has 0 aliphatic rings. The number of hydrogen-bond acceptors (Lipinski definition) is 4. The molecule has 1 aromatic rings. The lowest BCUT2D eigenvalue weighted by molar-refractivity contribution is 0.0825. The van der Waals surface area contributed by atoms with E-state index in [1.54, 1.807) is 7.11 Å². The van der Waals surface area contributed by atoms with Crippen LogP contribution in [-0.4, -0.2) is 29.0 Å². The van der Waals surface area contributed by atoms with Crippen molar-refractivity contribution in [3.8, 4) is 0 Å². The van der Waals surface area contributed by atoms with Crippen molar-refractivity contribution in [3.63, 3.8) is 0 Å². The minimum absolute atomic E-state index is 0.0743. The van der Waals surface area contributed by atoms with Crippen LogP contribution in [0, 0.1) is 6.92 Å². The maximum absolute atomic E-state index is 5.49. The number of methoxy groups -OCH3 is 1. The van der Waals surface area contributed by atoms with Crippen LogP contribution in [0.4, 0.5) is 0 Å². The van der Waals surface area contributed by atoms with Crippen molar-refractivity contribution in [1.29, 1.82) is 0 Å². The number of hydrogen-bond donors (Lipinski definition) is 2. The van der Waals surface area contributed by atoms with E-state index in [9.17, 15) is 0 Å². The minimum atomic E-state index is 0.0743. The standard InChI is InChI=1S/C10H20N4O/c1-7-5-9(14(3)13-7)6-10(12-11)8(2)15-4/h5,8,10,12H,6,11H2,1-4H3. The minimum Gasteiger partial charge on any atom is -0.380 e. The molecular formula is C10H20N4O. The molecule has 1 aromatic heterocycles. The van der Waals surface area contributed by atoms with Crippen LogP contribution < -0.4 is 11.3 Å². The average Bonchev–Trinajstić information content (AvgIpc) is 2.52. The number of nitrogens with one attached hydrogen (secondary N) is 1. The molecule has 0 spiro atoms. The van der Waals surface area contributed by atoms with E-state index in [0.717, 1.165) is 17.8 Å². The van der Waals surface area contributed by atoms with E-state index in [2.05, 4.69) is 16.6 Å². The summed E-state index contributed by atoms with van der Waals surface area (Å²) in [6.45, 7) is 3.97. The topological polar surface area (TPSA) is 65.1 Å². The van der Waals surface area contributed by atoms with Gasteiger partial charge in [-0.15, -0.1) is 0 Å². The van der Waals surface area contributed by atoms with E-state index in [0.29, 0.717) is 0 Å². The summed E-state index contributed by atoms with van der Waals surface area (Å²) < 4.78 is 7.13. The zero-order valence-electron chi connectivity index (χ0n) is 9.82. The summed E-state index contributed by atoms with van der Waals surface area (Å²) in [6.07, 6.45) is 0.883. The molecule has 1 rings (SSSR count). The van der Waals surface area contributed by atoms with Crippen LogP contribution in [0.3, 0.4) is 0 Å². The van der Waals surface area contributed by atoms with Crippen LogP contribution in [0.5, 0.6) is 0 Å². The Kier molecular flexibility index (Phi) is 4.26. The van der Waals surface area contributed by atoms with Crippen LogP contribution in [0.15, 0.2) is 6.07 Å². The van der Waals surface area contributed by atoms with E-state index in [-0.39, 0.29) is 12.1 Å². The number of nitrogens with zero attached hydrogens (tertiary/aromatic N) is 2. The van der Waals surface area contributed by atoms with Crippen molar-refractivity contribution in [3.05, 3.63) is 17.5 Å². The number of ether oxygens (including phenoxy) is 1. The van der Waals surface area contributed by atoms with Crippen LogP contribution >= 0.6 is 0 Å². The highest BCUT2D eigenvalue weighted by molar-refractivity contribution is 5.10. The van der Waals surface area contributed by atoms with Gasteiger partial charge in [0, 0.05) is 26.3 Å². The fraction of sp³-hybridized carbons (Fsp3) is 0.700. The number of aryl methyl sites for hydroxylation is 2. The Morgan fingerprint density at radius 3 is 2.73 bits per heavy atom. The van der Waals surface area contributed by atoms with Crippen molar-refractivity contribution in [2.24, 2.45) is 12.9 Å². The Bertz CT molecular complexity index is 310. The van der Waals surface area contributed by atoms with E-state index < -0.39 is 0 Å². The first-order valence-electron chi connectivity index (χ1n) is 5.07. The molecule has 3 N–H and O–H groups in total. The van der Waals surface area contributed by atoms with Gasteiger partial charge in [0.25, 0.3) is 0 Å². The average molecular weight is 212 g/mol. The van der Waals surface area contributed by atoms with Gasteiger partial charge in [0.15, 0.2) is 0 Å². The molecule has 2 unspecified atom stereocenters. The highest BCUT2D eigenvalue weighted by Crippen LogP contribution is 2.08. The Morgan fingerprint density at radius 2 is 2.33 bits per heavy atom. The van der Waals surface area contributed by atoms with Gasteiger partial charge in [-0.25, -0.2) is 0 Å². The third-order valence-electron chi connectivity index (χ3n) is 2.68. The predicted molar refractivity (Wildman–Crippen MR) is 59.2 cm³/mol. The van der Waals surface area contributed by atoms with Gasteiger partial charge < -0.3 is 4.74 Å². The zero-order chi connectivity index (χ0) is 11.4. The van der Waals surface area contributed by atoms with Crippen molar-refractivity contribution >= 4 is 0 Å². The van der Waals surface area contributed by atoms with E-state index in [1.165, 1.54) is 0 Å². The fourth-order valence-corrected chi connectivity index (χ4v) is 1.61. The molecule has 0 amide bonds. The monoisotopic (exact) mass is 212 g/mol. The summed E-state index contributed by atoms with van der Waals surface area (Å²) >= 11 is 0. The predicted octanol–water partition coefficient (Wildman–Crippen LogP) is 0.138.